The van der Waals surface area contributed by atoms with Crippen molar-refractivity contribution in [2.24, 2.45) is 11.8 Å². The van der Waals surface area contributed by atoms with Gasteiger partial charge in [-0.05, 0) is 51.1 Å². The van der Waals surface area contributed by atoms with Gasteiger partial charge in [0.05, 0.1) is 5.92 Å². The molecule has 2 heterocycles. The molecule has 3 amide bonds. The van der Waals surface area contributed by atoms with Gasteiger partial charge in [-0.2, -0.15) is 0 Å². The molecule has 10 nitrogen and oxygen atoms in total. The summed E-state index contributed by atoms with van der Waals surface area (Å²) in [5, 5.41) is 17.5. The Bertz CT molecular complexity index is 608. The Hall–Kier alpha value is -2.20. The highest BCUT2D eigenvalue weighted by Gasteiger charge is 2.30. The Morgan fingerprint density at radius 2 is 1.93 bits per heavy atom. The number of hydrogen-bond donors (Lipinski definition) is 4. The molecule has 0 aromatic heterocycles. The molecule has 0 aliphatic carbocycles. The summed E-state index contributed by atoms with van der Waals surface area (Å²) in [4.78, 5) is 49.7. The molecule has 2 rings (SSSR count). The van der Waals surface area contributed by atoms with Crippen molar-refractivity contribution >= 4 is 23.7 Å². The summed E-state index contributed by atoms with van der Waals surface area (Å²) in [7, 11) is 1.33. The quantitative estimate of drug-likeness (QED) is 0.364. The van der Waals surface area contributed by atoms with E-state index in [1.165, 1.54) is 7.11 Å². The molecule has 2 fully saturated rings. The van der Waals surface area contributed by atoms with Crippen LogP contribution in [0.2, 0.25) is 0 Å². The van der Waals surface area contributed by atoms with E-state index in [4.69, 9.17) is 0 Å². The predicted octanol–water partition coefficient (Wildman–Crippen LogP) is -0.663. The molecule has 2 atom stereocenters. The topological polar surface area (TPSA) is 137 Å². The van der Waals surface area contributed by atoms with E-state index in [2.05, 4.69) is 20.7 Å². The summed E-state index contributed by atoms with van der Waals surface area (Å²) in [6.07, 6.45) is 4.98. The highest BCUT2D eigenvalue weighted by molar-refractivity contribution is 5.86. The number of carbonyl (C=O) groups excluding carboxylic acids is 3. The monoisotopic (exact) mass is 426 g/mol. The van der Waals surface area contributed by atoms with Gasteiger partial charge in [0.1, 0.15) is 12.6 Å². The van der Waals surface area contributed by atoms with Crippen LogP contribution < -0.4 is 16.0 Å². The van der Waals surface area contributed by atoms with Crippen LogP contribution in [0.15, 0.2) is 0 Å². The van der Waals surface area contributed by atoms with Gasteiger partial charge in [-0.15, -0.1) is 0 Å². The molecule has 4 N–H and O–H groups in total. The number of amides is 3. The molecule has 2 aliphatic heterocycles. The Kier molecular flexibility index (Phi) is 10.0. The molecule has 2 saturated heterocycles. The molecule has 2 aliphatic rings. The van der Waals surface area contributed by atoms with Crippen LogP contribution in [0.4, 0.5) is 0 Å². The Labute approximate surface area is 177 Å². The number of carboxylic acid groups (broad SMARTS) is 1. The number of piperidine rings is 2. The number of hydrogen-bond acceptors (Lipinski definition) is 6. The second kappa shape index (κ2) is 12.5. The van der Waals surface area contributed by atoms with Crippen molar-refractivity contribution in [3.05, 3.63) is 0 Å². The van der Waals surface area contributed by atoms with Crippen molar-refractivity contribution in [3.63, 3.8) is 0 Å². The normalized spacial score (nSPS) is 21.0. The van der Waals surface area contributed by atoms with Crippen LogP contribution in [0.3, 0.4) is 0 Å². The number of carbonyl (C=O) groups is 4. The van der Waals surface area contributed by atoms with Crippen LogP contribution in [-0.4, -0.2) is 86.2 Å². The summed E-state index contributed by atoms with van der Waals surface area (Å²) < 4.78 is 4.66. The first-order valence-corrected chi connectivity index (χ1v) is 10.7. The summed E-state index contributed by atoms with van der Waals surface area (Å²) in [6, 6.07) is -1.23. The molecule has 0 bridgehead atoms. The Balaban J connectivity index is 1.77. The maximum absolute atomic E-state index is 12.6. The van der Waals surface area contributed by atoms with Gasteiger partial charge in [-0.1, -0.05) is 0 Å². The third kappa shape index (κ3) is 7.91. The van der Waals surface area contributed by atoms with E-state index in [0.717, 1.165) is 38.8 Å². The molecule has 10 heteroatoms. The van der Waals surface area contributed by atoms with Crippen LogP contribution in [0.1, 0.15) is 38.5 Å². The molecule has 0 aromatic rings. The van der Waals surface area contributed by atoms with Crippen molar-refractivity contribution in [1.82, 2.24) is 20.9 Å². The maximum atomic E-state index is 12.6. The fourth-order valence-corrected chi connectivity index (χ4v) is 3.99. The van der Waals surface area contributed by atoms with E-state index in [0.29, 0.717) is 31.8 Å². The first-order chi connectivity index (χ1) is 14.4. The molecule has 0 aromatic carbocycles. The number of aliphatic carboxylic acids is 1. The number of methoxy groups -OCH3 is 1. The van der Waals surface area contributed by atoms with Gasteiger partial charge in [0.15, 0.2) is 0 Å². The zero-order chi connectivity index (χ0) is 21.9. The fourth-order valence-electron chi connectivity index (χ4n) is 3.99. The molecular weight excluding hydrogens is 392 g/mol. The molecule has 0 saturated carbocycles. The largest absolute Gasteiger partial charge is 0.480 e. The first kappa shape index (κ1) is 24.1. The smallest absolute Gasteiger partial charge is 0.328 e. The minimum atomic E-state index is -1.24. The predicted molar refractivity (Wildman–Crippen MR) is 109 cm³/mol. The summed E-state index contributed by atoms with van der Waals surface area (Å²) in [6.45, 7) is 2.55. The summed E-state index contributed by atoms with van der Waals surface area (Å²) in [5.74, 6) is -1.80. The third-order valence-electron chi connectivity index (χ3n) is 5.76. The SMILES string of the molecule is COCC(=O)N[C@@H](CNC(=O)[C@@H]1CCCN(C(=O)CCC2CCNCC2)C1)C(=O)O. The fraction of sp³-hybridized carbons (Fsp3) is 0.800. The van der Waals surface area contributed by atoms with E-state index >= 15 is 0 Å². The van der Waals surface area contributed by atoms with Gasteiger partial charge in [0.2, 0.25) is 17.7 Å². The van der Waals surface area contributed by atoms with Gasteiger partial charge in [0, 0.05) is 33.2 Å². The lowest BCUT2D eigenvalue weighted by molar-refractivity contribution is -0.142. The number of ether oxygens (including phenoxy) is 1. The molecule has 0 radical (unpaired) electrons. The lowest BCUT2D eigenvalue weighted by Crippen LogP contribution is -2.51. The summed E-state index contributed by atoms with van der Waals surface area (Å²) >= 11 is 0. The maximum Gasteiger partial charge on any atom is 0.328 e. The van der Waals surface area contributed by atoms with E-state index in [1.54, 1.807) is 4.90 Å². The summed E-state index contributed by atoms with van der Waals surface area (Å²) in [5.41, 5.74) is 0. The van der Waals surface area contributed by atoms with Gasteiger partial charge in [-0.3, -0.25) is 14.4 Å². The van der Waals surface area contributed by atoms with Gasteiger partial charge in [0.25, 0.3) is 0 Å². The molecule has 0 spiro atoms. The highest BCUT2D eigenvalue weighted by Crippen LogP contribution is 2.21. The van der Waals surface area contributed by atoms with Crippen molar-refractivity contribution in [3.8, 4) is 0 Å². The highest BCUT2D eigenvalue weighted by atomic mass is 16.5. The van der Waals surface area contributed by atoms with Gasteiger partial charge < -0.3 is 30.7 Å². The Morgan fingerprint density at radius 1 is 1.20 bits per heavy atom. The van der Waals surface area contributed by atoms with Crippen molar-refractivity contribution in [1.29, 1.82) is 0 Å². The molecule has 30 heavy (non-hydrogen) atoms. The molecular formula is C20H34N4O6. The number of likely N-dealkylation sites (tertiary alicyclic amines) is 1. The van der Waals surface area contributed by atoms with E-state index in [1.807, 2.05) is 0 Å². The zero-order valence-corrected chi connectivity index (χ0v) is 17.7. The van der Waals surface area contributed by atoms with Gasteiger partial charge in [-0.25, -0.2) is 4.79 Å². The van der Waals surface area contributed by atoms with Crippen LogP contribution >= 0.6 is 0 Å². The minimum absolute atomic E-state index is 0.0845. The second-order valence-electron chi connectivity index (χ2n) is 8.05. The van der Waals surface area contributed by atoms with E-state index in [-0.39, 0.29) is 30.9 Å². The van der Waals surface area contributed by atoms with Crippen LogP contribution in [0.25, 0.3) is 0 Å². The van der Waals surface area contributed by atoms with Crippen LogP contribution in [0, 0.1) is 11.8 Å². The molecule has 0 unspecified atom stereocenters. The van der Waals surface area contributed by atoms with E-state index < -0.39 is 17.9 Å². The average molecular weight is 427 g/mol. The van der Waals surface area contributed by atoms with Gasteiger partial charge >= 0.3 is 5.97 Å². The van der Waals surface area contributed by atoms with Crippen molar-refractivity contribution in [2.75, 3.05) is 46.4 Å². The second-order valence-corrected chi connectivity index (χ2v) is 8.05. The van der Waals surface area contributed by atoms with Crippen LogP contribution in [-0.2, 0) is 23.9 Å². The number of nitrogens with zero attached hydrogens (tertiary/aromatic N) is 1. The first-order valence-electron chi connectivity index (χ1n) is 10.7. The lowest BCUT2D eigenvalue weighted by atomic mass is 9.92. The van der Waals surface area contributed by atoms with E-state index in [9.17, 15) is 24.3 Å². The zero-order valence-electron chi connectivity index (χ0n) is 17.7. The number of carboxylic acids is 1. The minimum Gasteiger partial charge on any atom is -0.480 e. The van der Waals surface area contributed by atoms with Crippen molar-refractivity contribution < 1.29 is 29.0 Å². The van der Waals surface area contributed by atoms with Crippen LogP contribution in [0.5, 0.6) is 0 Å². The van der Waals surface area contributed by atoms with Crippen molar-refractivity contribution in [2.45, 2.75) is 44.6 Å². The standard InChI is InChI=1S/C20H34N4O6/c1-30-13-17(25)23-16(20(28)29)11-22-19(27)15-3-2-10-24(12-15)18(26)5-4-14-6-8-21-9-7-14/h14-16,21H,2-13H2,1H3,(H,22,27)(H,23,25)(H,28,29)/t15-,16+/m1/s1. The Morgan fingerprint density at radius 3 is 2.60 bits per heavy atom. The number of nitrogens with one attached hydrogen (secondary N) is 3. The third-order valence-corrected chi connectivity index (χ3v) is 5.76. The molecule has 170 valence electrons. The number of rotatable bonds is 10. The average Bonchev–Trinajstić information content (AvgIpc) is 2.75. The lowest BCUT2D eigenvalue weighted by Gasteiger charge is -2.33.